The number of nitrogens with zero attached hydrogens (tertiary/aromatic N) is 1. The molecule has 0 radical (unpaired) electrons. The van der Waals surface area contributed by atoms with Crippen LogP contribution in [0.1, 0.15) is 19.8 Å². The summed E-state index contributed by atoms with van der Waals surface area (Å²) < 4.78 is 23.0. The molecule has 2 aliphatic rings. The number of nitrogens with two attached hydrogens (primary N) is 1. The van der Waals surface area contributed by atoms with Gasteiger partial charge in [0.25, 0.3) is 0 Å². The normalized spacial score (nSPS) is 37.1. The van der Waals surface area contributed by atoms with E-state index in [4.69, 9.17) is 5.73 Å². The monoisotopic (exact) mass is 262 g/mol. The molecule has 3 unspecified atom stereocenters. The molecule has 0 amide bonds. The van der Waals surface area contributed by atoms with Crippen LogP contribution >= 0.6 is 0 Å². The third-order valence-corrected chi connectivity index (χ3v) is 5.83. The van der Waals surface area contributed by atoms with Crippen molar-refractivity contribution in [2.24, 2.45) is 11.7 Å². The average Bonchev–Trinajstić information content (AvgIpc) is 2.52. The molecule has 0 aromatic heterocycles. The molecule has 0 spiro atoms. The van der Waals surface area contributed by atoms with Gasteiger partial charge in [-0.1, -0.05) is 0 Å². The summed E-state index contributed by atoms with van der Waals surface area (Å²) in [5.74, 6) is 0.669. The highest BCUT2D eigenvalue weighted by Gasteiger charge is 2.40. The largest absolute Gasteiger partial charge is 0.393 e. The molecule has 0 aromatic carbocycles. The minimum absolute atomic E-state index is 0.0186. The minimum atomic E-state index is -2.94. The Hall–Kier alpha value is -0.170. The molecule has 2 heterocycles. The number of hydrogen-bond acceptors (Lipinski definition) is 5. The molecule has 2 fully saturated rings. The summed E-state index contributed by atoms with van der Waals surface area (Å²) >= 11 is 0. The molecule has 3 N–H and O–H groups in total. The molecule has 100 valence electrons. The summed E-state index contributed by atoms with van der Waals surface area (Å²) in [7, 11) is -2.94. The van der Waals surface area contributed by atoms with Gasteiger partial charge in [-0.15, -0.1) is 0 Å². The molecule has 17 heavy (non-hydrogen) atoms. The molecule has 2 rings (SSSR count). The van der Waals surface area contributed by atoms with Crippen LogP contribution < -0.4 is 5.73 Å². The second-order valence-corrected chi connectivity index (χ2v) is 7.58. The number of likely N-dealkylation sites (tertiary alicyclic amines) is 1. The van der Waals surface area contributed by atoms with E-state index in [0.29, 0.717) is 5.92 Å². The van der Waals surface area contributed by atoms with Crippen LogP contribution in [0, 0.1) is 5.92 Å². The zero-order valence-corrected chi connectivity index (χ0v) is 11.1. The molecule has 5 nitrogen and oxygen atoms in total. The fourth-order valence-electron chi connectivity index (χ4n) is 2.97. The Labute approximate surface area is 103 Å². The number of sulfone groups is 1. The van der Waals surface area contributed by atoms with Gasteiger partial charge in [-0.2, -0.15) is 0 Å². The summed E-state index contributed by atoms with van der Waals surface area (Å²) in [5, 5.41) is 9.52. The SMILES string of the molecule is CC(O)C1CCN(C2CS(=O)(=O)CC2N)CC1. The number of aliphatic hydroxyl groups excluding tert-OH is 1. The van der Waals surface area contributed by atoms with Gasteiger partial charge >= 0.3 is 0 Å². The fourth-order valence-corrected chi connectivity index (χ4v) is 4.89. The zero-order valence-electron chi connectivity index (χ0n) is 10.2. The van der Waals surface area contributed by atoms with Gasteiger partial charge in [0.15, 0.2) is 9.84 Å². The fraction of sp³-hybridized carbons (Fsp3) is 1.00. The van der Waals surface area contributed by atoms with Crippen molar-refractivity contribution in [1.82, 2.24) is 4.90 Å². The first-order chi connectivity index (χ1) is 7.89. The Balaban J connectivity index is 1.93. The van der Waals surface area contributed by atoms with Crippen molar-refractivity contribution in [3.05, 3.63) is 0 Å². The summed E-state index contributed by atoms with van der Waals surface area (Å²) in [6.45, 7) is 3.53. The summed E-state index contributed by atoms with van der Waals surface area (Å²) in [6, 6.07) is -0.266. The van der Waals surface area contributed by atoms with E-state index in [1.165, 1.54) is 0 Å². The van der Waals surface area contributed by atoms with Gasteiger partial charge in [-0.3, -0.25) is 4.90 Å². The zero-order chi connectivity index (χ0) is 12.6. The highest BCUT2D eigenvalue weighted by Crippen LogP contribution is 2.25. The van der Waals surface area contributed by atoms with Crippen molar-refractivity contribution in [2.75, 3.05) is 24.6 Å². The van der Waals surface area contributed by atoms with Crippen molar-refractivity contribution in [3.8, 4) is 0 Å². The van der Waals surface area contributed by atoms with Gasteiger partial charge in [0.1, 0.15) is 0 Å². The van der Waals surface area contributed by atoms with Crippen LogP contribution in [0.25, 0.3) is 0 Å². The van der Waals surface area contributed by atoms with E-state index in [0.717, 1.165) is 25.9 Å². The van der Waals surface area contributed by atoms with Crippen LogP contribution in [0.5, 0.6) is 0 Å². The van der Waals surface area contributed by atoms with Crippen molar-refractivity contribution in [1.29, 1.82) is 0 Å². The lowest BCUT2D eigenvalue weighted by atomic mass is 9.91. The Kier molecular flexibility index (Phi) is 3.77. The number of piperidine rings is 1. The molecule has 0 saturated carbocycles. The highest BCUT2D eigenvalue weighted by atomic mass is 32.2. The predicted molar refractivity (Wildman–Crippen MR) is 66.4 cm³/mol. The van der Waals surface area contributed by atoms with Crippen LogP contribution in [0.2, 0.25) is 0 Å². The lowest BCUT2D eigenvalue weighted by Crippen LogP contribution is -2.50. The van der Waals surface area contributed by atoms with Crippen LogP contribution in [-0.4, -0.2) is 61.2 Å². The van der Waals surface area contributed by atoms with E-state index < -0.39 is 9.84 Å². The Morgan fingerprint density at radius 3 is 2.29 bits per heavy atom. The maximum absolute atomic E-state index is 11.5. The quantitative estimate of drug-likeness (QED) is 0.681. The third-order valence-electron chi connectivity index (χ3n) is 4.09. The van der Waals surface area contributed by atoms with E-state index in [2.05, 4.69) is 4.90 Å². The molecule has 0 aliphatic carbocycles. The van der Waals surface area contributed by atoms with Gasteiger partial charge in [-0.25, -0.2) is 8.42 Å². The maximum atomic E-state index is 11.5. The minimum Gasteiger partial charge on any atom is -0.393 e. The first-order valence-electron chi connectivity index (χ1n) is 6.27. The molecule has 6 heteroatoms. The van der Waals surface area contributed by atoms with Crippen molar-refractivity contribution in [2.45, 2.75) is 38.0 Å². The molecule has 3 atom stereocenters. The lowest BCUT2D eigenvalue weighted by molar-refractivity contribution is 0.0573. The molecular formula is C11H22N2O3S. The number of rotatable bonds is 2. The van der Waals surface area contributed by atoms with E-state index in [9.17, 15) is 13.5 Å². The van der Waals surface area contributed by atoms with Crippen molar-refractivity contribution >= 4 is 9.84 Å². The first kappa shape index (κ1) is 13.3. The predicted octanol–water partition coefficient (Wildman–Crippen LogP) is -0.796. The first-order valence-corrected chi connectivity index (χ1v) is 8.09. The van der Waals surface area contributed by atoms with Crippen molar-refractivity contribution < 1.29 is 13.5 Å². The smallest absolute Gasteiger partial charge is 0.153 e. The molecule has 2 saturated heterocycles. The van der Waals surface area contributed by atoms with Crippen molar-refractivity contribution in [3.63, 3.8) is 0 Å². The summed E-state index contributed by atoms with van der Waals surface area (Å²) in [6.07, 6.45) is 1.60. The topological polar surface area (TPSA) is 83.6 Å². The molecule has 0 aromatic rings. The Bertz CT molecular complexity index is 361. The van der Waals surface area contributed by atoms with E-state index in [1.54, 1.807) is 0 Å². The van der Waals surface area contributed by atoms with Crippen LogP contribution in [-0.2, 0) is 9.84 Å². The van der Waals surface area contributed by atoms with Gasteiger partial charge in [0, 0.05) is 12.1 Å². The maximum Gasteiger partial charge on any atom is 0.153 e. The van der Waals surface area contributed by atoms with E-state index >= 15 is 0 Å². The van der Waals surface area contributed by atoms with Gasteiger partial charge in [-0.05, 0) is 38.8 Å². The summed E-state index contributed by atoms with van der Waals surface area (Å²) in [5.41, 5.74) is 5.91. The summed E-state index contributed by atoms with van der Waals surface area (Å²) in [4.78, 5) is 2.19. The Morgan fingerprint density at radius 2 is 1.88 bits per heavy atom. The lowest BCUT2D eigenvalue weighted by Gasteiger charge is -2.37. The molecular weight excluding hydrogens is 240 g/mol. The van der Waals surface area contributed by atoms with Gasteiger partial charge in [0.2, 0.25) is 0 Å². The number of hydrogen-bond donors (Lipinski definition) is 2. The molecule has 0 bridgehead atoms. The third kappa shape index (κ3) is 2.99. The number of aliphatic hydroxyl groups is 1. The second-order valence-electron chi connectivity index (χ2n) is 5.42. The van der Waals surface area contributed by atoms with Gasteiger partial charge in [0.05, 0.1) is 17.6 Å². The van der Waals surface area contributed by atoms with Crippen LogP contribution in [0.15, 0.2) is 0 Å². The standard InChI is InChI=1S/C11H22N2O3S/c1-8(14)9-2-4-13(5-3-9)11-7-17(15,16)6-10(11)12/h8-11,14H,2-7,12H2,1H3. The molecule has 2 aliphatic heterocycles. The van der Waals surface area contributed by atoms with Crippen LogP contribution in [0.3, 0.4) is 0 Å². The van der Waals surface area contributed by atoms with Crippen LogP contribution in [0.4, 0.5) is 0 Å². The van der Waals surface area contributed by atoms with E-state index in [-0.39, 0.29) is 29.7 Å². The Morgan fingerprint density at radius 1 is 1.29 bits per heavy atom. The average molecular weight is 262 g/mol. The second kappa shape index (κ2) is 4.84. The highest BCUT2D eigenvalue weighted by molar-refractivity contribution is 7.91. The van der Waals surface area contributed by atoms with E-state index in [1.807, 2.05) is 6.92 Å². The van der Waals surface area contributed by atoms with Gasteiger partial charge < -0.3 is 10.8 Å².